The highest BCUT2D eigenvalue weighted by Gasteiger charge is 2.36. The molecule has 0 saturated heterocycles. The van der Waals surface area contributed by atoms with Gasteiger partial charge < -0.3 is 10.6 Å². The molecule has 0 spiro atoms. The Hall–Kier alpha value is -3.13. The van der Waals surface area contributed by atoms with Crippen molar-refractivity contribution in [2.45, 2.75) is 27.7 Å². The molecule has 0 aliphatic carbocycles. The molecular formula is C20H21N3O2. The highest BCUT2D eigenvalue weighted by molar-refractivity contribution is 6.14. The standard InChI is InChI=1S/C20H21N3O2/c1-13-8-9-14(2)17(10-13)23-19(25)20(3,4)18(24)22-16-7-5-6-15(11-16)12-21/h5-11H,1-4H3,(H,22,24)(H,23,25). The summed E-state index contributed by atoms with van der Waals surface area (Å²) in [5, 5.41) is 14.5. The van der Waals surface area contributed by atoms with Crippen LogP contribution in [0.4, 0.5) is 11.4 Å². The number of nitriles is 1. The van der Waals surface area contributed by atoms with Crippen LogP contribution in [0.2, 0.25) is 0 Å². The molecule has 0 fully saturated rings. The van der Waals surface area contributed by atoms with Crippen LogP contribution in [0.1, 0.15) is 30.5 Å². The van der Waals surface area contributed by atoms with E-state index in [0.717, 1.165) is 11.1 Å². The van der Waals surface area contributed by atoms with Crippen molar-refractivity contribution >= 4 is 23.2 Å². The van der Waals surface area contributed by atoms with E-state index in [4.69, 9.17) is 5.26 Å². The summed E-state index contributed by atoms with van der Waals surface area (Å²) >= 11 is 0. The van der Waals surface area contributed by atoms with Gasteiger partial charge in [-0.15, -0.1) is 0 Å². The maximum atomic E-state index is 12.6. The molecule has 0 aromatic heterocycles. The van der Waals surface area contributed by atoms with Gasteiger partial charge in [-0.05, 0) is 63.1 Å². The first-order valence-electron chi connectivity index (χ1n) is 7.94. The Morgan fingerprint density at radius 1 is 1.00 bits per heavy atom. The van der Waals surface area contributed by atoms with Crippen LogP contribution in [0.5, 0.6) is 0 Å². The van der Waals surface area contributed by atoms with E-state index >= 15 is 0 Å². The number of hydrogen-bond donors (Lipinski definition) is 2. The third-order valence-corrected chi connectivity index (χ3v) is 4.03. The molecule has 0 atom stereocenters. The Balaban J connectivity index is 2.15. The molecule has 0 aliphatic rings. The number of anilines is 2. The SMILES string of the molecule is Cc1ccc(C)c(NC(=O)C(C)(C)C(=O)Nc2cccc(C#N)c2)c1. The van der Waals surface area contributed by atoms with Crippen molar-refractivity contribution in [1.82, 2.24) is 0 Å². The predicted molar refractivity (Wildman–Crippen MR) is 98.1 cm³/mol. The highest BCUT2D eigenvalue weighted by atomic mass is 16.2. The first kappa shape index (κ1) is 18.2. The number of carbonyl (C=O) groups is 2. The second-order valence-electron chi connectivity index (χ2n) is 6.54. The maximum absolute atomic E-state index is 12.6. The molecule has 2 amide bonds. The first-order chi connectivity index (χ1) is 11.7. The molecule has 5 heteroatoms. The van der Waals surface area contributed by atoms with Crippen molar-refractivity contribution in [2.75, 3.05) is 10.6 Å². The van der Waals surface area contributed by atoms with Gasteiger partial charge >= 0.3 is 0 Å². The molecule has 2 aromatic carbocycles. The predicted octanol–water partition coefficient (Wildman–Crippen LogP) is 3.78. The highest BCUT2D eigenvalue weighted by Crippen LogP contribution is 2.24. The molecule has 128 valence electrons. The van der Waals surface area contributed by atoms with E-state index in [1.165, 1.54) is 0 Å². The molecule has 0 aliphatic heterocycles. The molecule has 0 unspecified atom stereocenters. The van der Waals surface area contributed by atoms with Crippen LogP contribution >= 0.6 is 0 Å². The van der Waals surface area contributed by atoms with E-state index in [0.29, 0.717) is 16.9 Å². The Morgan fingerprint density at radius 3 is 2.36 bits per heavy atom. The molecule has 25 heavy (non-hydrogen) atoms. The number of nitrogens with zero attached hydrogens (tertiary/aromatic N) is 1. The molecule has 2 N–H and O–H groups in total. The topological polar surface area (TPSA) is 82.0 Å². The average molecular weight is 335 g/mol. The Bertz CT molecular complexity index is 863. The van der Waals surface area contributed by atoms with Gasteiger partial charge in [-0.3, -0.25) is 9.59 Å². The van der Waals surface area contributed by atoms with Crippen LogP contribution < -0.4 is 10.6 Å². The van der Waals surface area contributed by atoms with Crippen molar-refractivity contribution in [2.24, 2.45) is 5.41 Å². The minimum atomic E-state index is -1.28. The summed E-state index contributed by atoms with van der Waals surface area (Å²) in [5.41, 5.74) is 2.29. The van der Waals surface area contributed by atoms with E-state index in [2.05, 4.69) is 10.6 Å². The molecular weight excluding hydrogens is 314 g/mol. The lowest BCUT2D eigenvalue weighted by Gasteiger charge is -2.23. The fourth-order valence-electron chi connectivity index (χ4n) is 2.21. The Labute approximate surface area is 147 Å². The summed E-state index contributed by atoms with van der Waals surface area (Å²) in [5.74, 6) is -0.833. The molecule has 0 heterocycles. The van der Waals surface area contributed by atoms with Gasteiger partial charge in [0.2, 0.25) is 11.8 Å². The summed E-state index contributed by atoms with van der Waals surface area (Å²) in [7, 11) is 0. The summed E-state index contributed by atoms with van der Waals surface area (Å²) in [4.78, 5) is 25.2. The molecule has 0 saturated carbocycles. The number of rotatable bonds is 4. The number of benzene rings is 2. The zero-order valence-electron chi connectivity index (χ0n) is 14.8. The minimum absolute atomic E-state index is 0.393. The Kier molecular flexibility index (Phi) is 5.23. The van der Waals surface area contributed by atoms with E-state index in [1.54, 1.807) is 38.1 Å². The fourth-order valence-corrected chi connectivity index (χ4v) is 2.21. The van der Waals surface area contributed by atoms with Crippen molar-refractivity contribution < 1.29 is 9.59 Å². The number of hydrogen-bond acceptors (Lipinski definition) is 3. The normalized spacial score (nSPS) is 10.7. The van der Waals surface area contributed by atoms with Crippen LogP contribution in [-0.4, -0.2) is 11.8 Å². The third-order valence-electron chi connectivity index (χ3n) is 4.03. The van der Waals surface area contributed by atoms with Gasteiger partial charge in [0.1, 0.15) is 5.41 Å². The van der Waals surface area contributed by atoms with E-state index in [-0.39, 0.29) is 0 Å². The largest absolute Gasteiger partial charge is 0.325 e. The summed E-state index contributed by atoms with van der Waals surface area (Å²) < 4.78 is 0. The van der Waals surface area contributed by atoms with Crippen LogP contribution in [0.15, 0.2) is 42.5 Å². The molecule has 2 aromatic rings. The summed E-state index contributed by atoms with van der Waals surface area (Å²) in [6.07, 6.45) is 0. The first-order valence-corrected chi connectivity index (χ1v) is 7.94. The van der Waals surface area contributed by atoms with Crippen molar-refractivity contribution in [3.63, 3.8) is 0 Å². The molecule has 0 radical (unpaired) electrons. The second-order valence-corrected chi connectivity index (χ2v) is 6.54. The maximum Gasteiger partial charge on any atom is 0.239 e. The average Bonchev–Trinajstić information content (AvgIpc) is 2.58. The van der Waals surface area contributed by atoms with E-state index in [1.807, 2.05) is 38.1 Å². The van der Waals surface area contributed by atoms with Gasteiger partial charge in [-0.1, -0.05) is 18.2 Å². The fraction of sp³-hybridized carbons (Fsp3) is 0.250. The molecule has 0 bridgehead atoms. The van der Waals surface area contributed by atoms with E-state index < -0.39 is 17.2 Å². The second kappa shape index (κ2) is 7.18. The zero-order chi connectivity index (χ0) is 18.6. The van der Waals surface area contributed by atoms with Crippen molar-refractivity contribution in [3.05, 3.63) is 59.2 Å². The van der Waals surface area contributed by atoms with Crippen LogP contribution in [0.25, 0.3) is 0 Å². The lowest BCUT2D eigenvalue weighted by molar-refractivity contribution is -0.135. The zero-order valence-corrected chi connectivity index (χ0v) is 14.8. The van der Waals surface area contributed by atoms with Crippen molar-refractivity contribution in [3.8, 4) is 6.07 Å². The summed E-state index contributed by atoms with van der Waals surface area (Å²) in [6, 6.07) is 14.3. The summed E-state index contributed by atoms with van der Waals surface area (Å²) in [6.45, 7) is 6.97. The number of amides is 2. The van der Waals surface area contributed by atoms with Gasteiger partial charge in [-0.2, -0.15) is 5.26 Å². The van der Waals surface area contributed by atoms with Crippen LogP contribution in [0.3, 0.4) is 0 Å². The lowest BCUT2D eigenvalue weighted by Crippen LogP contribution is -2.41. The van der Waals surface area contributed by atoms with Gasteiger partial charge in [-0.25, -0.2) is 0 Å². The Morgan fingerprint density at radius 2 is 1.68 bits per heavy atom. The van der Waals surface area contributed by atoms with Gasteiger partial charge in [0.25, 0.3) is 0 Å². The number of nitrogens with one attached hydrogen (secondary N) is 2. The van der Waals surface area contributed by atoms with Crippen LogP contribution in [-0.2, 0) is 9.59 Å². The monoisotopic (exact) mass is 335 g/mol. The number of carbonyl (C=O) groups excluding carboxylic acids is 2. The van der Waals surface area contributed by atoms with Crippen molar-refractivity contribution in [1.29, 1.82) is 5.26 Å². The molecule has 2 rings (SSSR count). The lowest BCUT2D eigenvalue weighted by atomic mass is 9.90. The quantitative estimate of drug-likeness (QED) is 0.834. The van der Waals surface area contributed by atoms with Gasteiger partial charge in [0.05, 0.1) is 11.6 Å². The number of aryl methyl sites for hydroxylation is 2. The van der Waals surface area contributed by atoms with Gasteiger partial charge in [0.15, 0.2) is 0 Å². The van der Waals surface area contributed by atoms with Gasteiger partial charge in [0, 0.05) is 11.4 Å². The smallest absolute Gasteiger partial charge is 0.239 e. The minimum Gasteiger partial charge on any atom is -0.325 e. The van der Waals surface area contributed by atoms with E-state index in [9.17, 15) is 9.59 Å². The third kappa shape index (κ3) is 4.24. The molecule has 5 nitrogen and oxygen atoms in total. The van der Waals surface area contributed by atoms with Crippen LogP contribution in [0, 0.1) is 30.6 Å².